The highest BCUT2D eigenvalue weighted by atomic mass is 127. The van der Waals surface area contributed by atoms with Crippen LogP contribution in [0.5, 0.6) is 6.01 Å². The van der Waals surface area contributed by atoms with Gasteiger partial charge in [-0.3, -0.25) is 9.88 Å². The summed E-state index contributed by atoms with van der Waals surface area (Å²) in [7, 11) is 0. The molecule has 1 aromatic carbocycles. The van der Waals surface area contributed by atoms with Gasteiger partial charge in [-0.15, -0.1) is 0 Å². The van der Waals surface area contributed by atoms with Crippen LogP contribution >= 0.6 is 22.6 Å². The highest BCUT2D eigenvalue weighted by molar-refractivity contribution is 14.1. The molecule has 0 saturated carbocycles. The summed E-state index contributed by atoms with van der Waals surface area (Å²) in [6.07, 6.45) is 6.37. The van der Waals surface area contributed by atoms with Crippen molar-refractivity contribution in [1.82, 2.24) is 19.9 Å². The Kier molecular flexibility index (Phi) is 4.90. The van der Waals surface area contributed by atoms with Crippen LogP contribution in [-0.2, 0) is 0 Å². The van der Waals surface area contributed by atoms with E-state index in [1.54, 1.807) is 6.20 Å². The van der Waals surface area contributed by atoms with E-state index in [4.69, 9.17) is 4.74 Å². The van der Waals surface area contributed by atoms with Crippen molar-refractivity contribution in [2.24, 2.45) is 0 Å². The van der Waals surface area contributed by atoms with Gasteiger partial charge in [-0.1, -0.05) is 18.2 Å². The molecular formula is C22H22FIN4O. The number of hydrogen-bond acceptors (Lipinski definition) is 5. The zero-order valence-electron chi connectivity index (χ0n) is 16.3. The molecule has 2 fully saturated rings. The molecule has 0 bridgehead atoms. The third kappa shape index (κ3) is 3.28. The lowest BCUT2D eigenvalue weighted by atomic mass is 9.95. The van der Waals surface area contributed by atoms with Gasteiger partial charge in [0, 0.05) is 20.7 Å². The number of ether oxygens (including phenoxy) is 1. The third-order valence-electron chi connectivity index (χ3n) is 6.26. The van der Waals surface area contributed by atoms with Crippen LogP contribution in [-0.4, -0.2) is 45.1 Å². The van der Waals surface area contributed by atoms with Gasteiger partial charge in [0.1, 0.15) is 17.8 Å². The van der Waals surface area contributed by atoms with Crippen molar-refractivity contribution in [2.75, 3.05) is 19.7 Å². The molecule has 0 N–H and O–H groups in total. The predicted octanol–water partition coefficient (Wildman–Crippen LogP) is 4.75. The van der Waals surface area contributed by atoms with Crippen LogP contribution in [0.25, 0.3) is 22.2 Å². The van der Waals surface area contributed by atoms with E-state index in [-0.39, 0.29) is 17.1 Å². The molecule has 2 aliphatic rings. The third-order valence-corrected chi connectivity index (χ3v) is 7.21. The Labute approximate surface area is 182 Å². The maximum Gasteiger partial charge on any atom is 0.317 e. The minimum atomic E-state index is -0.427. The molecule has 5 nitrogen and oxygen atoms in total. The Balaban J connectivity index is 1.51. The highest BCUT2D eigenvalue weighted by Gasteiger charge is 2.45. The van der Waals surface area contributed by atoms with E-state index in [1.165, 1.54) is 12.8 Å². The van der Waals surface area contributed by atoms with Crippen LogP contribution in [0.1, 0.15) is 31.4 Å². The minimum Gasteiger partial charge on any atom is -0.461 e. The molecule has 2 aliphatic heterocycles. The monoisotopic (exact) mass is 504 g/mol. The maximum absolute atomic E-state index is 15.4. The molecule has 0 radical (unpaired) electrons. The SMILES string of the molecule is Cc1nc(OCC23CCCN2CCC3)nc2c(F)c(-c3ccccc3I)ncc12. The number of pyridine rings is 1. The normalized spacial score (nSPS) is 18.3. The molecule has 7 heteroatoms. The first kappa shape index (κ1) is 19.1. The second kappa shape index (κ2) is 7.43. The van der Waals surface area contributed by atoms with Crippen LogP contribution in [0.15, 0.2) is 30.5 Å². The molecule has 150 valence electrons. The van der Waals surface area contributed by atoms with Crippen molar-refractivity contribution < 1.29 is 9.13 Å². The first-order valence-electron chi connectivity index (χ1n) is 10.0. The van der Waals surface area contributed by atoms with Gasteiger partial charge >= 0.3 is 6.01 Å². The fraction of sp³-hybridized carbons (Fsp3) is 0.409. The van der Waals surface area contributed by atoms with Crippen LogP contribution < -0.4 is 4.74 Å². The molecule has 2 saturated heterocycles. The molecule has 0 unspecified atom stereocenters. The average molecular weight is 504 g/mol. The Hall–Kier alpha value is -1.87. The average Bonchev–Trinajstić information content (AvgIpc) is 3.28. The van der Waals surface area contributed by atoms with E-state index < -0.39 is 5.82 Å². The Morgan fingerprint density at radius 3 is 2.69 bits per heavy atom. The van der Waals surface area contributed by atoms with Gasteiger partial charge in [-0.25, -0.2) is 4.39 Å². The highest BCUT2D eigenvalue weighted by Crippen LogP contribution is 2.39. The number of halogens is 2. The van der Waals surface area contributed by atoms with Gasteiger partial charge in [0.2, 0.25) is 0 Å². The number of hydrogen-bond donors (Lipinski definition) is 0. The number of fused-ring (bicyclic) bond motifs is 2. The summed E-state index contributed by atoms with van der Waals surface area (Å²) < 4.78 is 22.4. The Morgan fingerprint density at radius 1 is 1.17 bits per heavy atom. The zero-order valence-corrected chi connectivity index (χ0v) is 18.4. The smallest absolute Gasteiger partial charge is 0.317 e. The van der Waals surface area contributed by atoms with E-state index in [0.29, 0.717) is 23.4 Å². The van der Waals surface area contributed by atoms with E-state index in [0.717, 1.165) is 35.1 Å². The first-order chi connectivity index (χ1) is 14.1. The minimum absolute atomic E-state index is 0.105. The summed E-state index contributed by atoms with van der Waals surface area (Å²) in [5.74, 6) is -0.427. The number of nitrogens with zero attached hydrogens (tertiary/aromatic N) is 4. The lowest BCUT2D eigenvalue weighted by Crippen LogP contribution is -2.43. The molecule has 0 aliphatic carbocycles. The summed E-state index contributed by atoms with van der Waals surface area (Å²) in [4.78, 5) is 15.8. The molecule has 0 amide bonds. The molecule has 0 spiro atoms. The zero-order chi connectivity index (χ0) is 20.0. The van der Waals surface area contributed by atoms with Crippen LogP contribution in [0.4, 0.5) is 4.39 Å². The summed E-state index contributed by atoms with van der Waals surface area (Å²) in [5, 5.41) is 0.617. The quantitative estimate of drug-likeness (QED) is 0.480. The van der Waals surface area contributed by atoms with Crippen molar-refractivity contribution >= 4 is 33.5 Å². The first-order valence-corrected chi connectivity index (χ1v) is 11.1. The van der Waals surface area contributed by atoms with E-state index in [1.807, 2.05) is 31.2 Å². The summed E-state index contributed by atoms with van der Waals surface area (Å²) in [6, 6.07) is 7.88. The lowest BCUT2D eigenvalue weighted by molar-refractivity contribution is 0.107. The fourth-order valence-electron chi connectivity index (χ4n) is 4.74. The Bertz CT molecular complexity index is 1080. The number of aromatic nitrogens is 3. The summed E-state index contributed by atoms with van der Waals surface area (Å²) in [5.41, 5.74) is 2.12. The van der Waals surface area contributed by atoms with E-state index in [2.05, 4.69) is 42.4 Å². The second-order valence-corrected chi connectivity index (χ2v) is 9.12. The van der Waals surface area contributed by atoms with Crippen LogP contribution in [0.2, 0.25) is 0 Å². The number of benzene rings is 1. The Morgan fingerprint density at radius 2 is 1.93 bits per heavy atom. The van der Waals surface area contributed by atoms with Gasteiger partial charge < -0.3 is 4.74 Å². The van der Waals surface area contributed by atoms with Crippen molar-refractivity contribution in [3.05, 3.63) is 45.5 Å². The summed E-state index contributed by atoms with van der Waals surface area (Å²) >= 11 is 2.20. The molecule has 2 aromatic heterocycles. The topological polar surface area (TPSA) is 51.1 Å². The van der Waals surface area contributed by atoms with Gasteiger partial charge in [0.05, 0.1) is 11.2 Å². The lowest BCUT2D eigenvalue weighted by Gasteiger charge is -2.31. The van der Waals surface area contributed by atoms with Crippen molar-refractivity contribution in [2.45, 2.75) is 38.1 Å². The largest absolute Gasteiger partial charge is 0.461 e. The molecule has 29 heavy (non-hydrogen) atoms. The van der Waals surface area contributed by atoms with Crippen LogP contribution in [0.3, 0.4) is 0 Å². The molecule has 4 heterocycles. The van der Waals surface area contributed by atoms with Gasteiger partial charge in [-0.05, 0) is 74.4 Å². The number of rotatable bonds is 4. The van der Waals surface area contributed by atoms with Gasteiger partial charge in [0.25, 0.3) is 0 Å². The molecular weight excluding hydrogens is 482 g/mol. The number of aryl methyl sites for hydroxylation is 1. The second-order valence-electron chi connectivity index (χ2n) is 7.96. The van der Waals surface area contributed by atoms with Crippen LogP contribution in [0, 0.1) is 16.3 Å². The summed E-state index contributed by atoms with van der Waals surface area (Å²) in [6.45, 7) is 4.69. The van der Waals surface area contributed by atoms with Gasteiger partial charge in [0.15, 0.2) is 5.82 Å². The molecule has 5 rings (SSSR count). The fourth-order valence-corrected chi connectivity index (χ4v) is 5.38. The van der Waals surface area contributed by atoms with Gasteiger partial charge in [-0.2, -0.15) is 9.97 Å². The maximum atomic E-state index is 15.4. The van der Waals surface area contributed by atoms with Crippen molar-refractivity contribution in [3.63, 3.8) is 0 Å². The van der Waals surface area contributed by atoms with Crippen molar-refractivity contribution in [1.29, 1.82) is 0 Å². The molecule has 3 aromatic rings. The van der Waals surface area contributed by atoms with E-state index >= 15 is 4.39 Å². The van der Waals surface area contributed by atoms with Crippen molar-refractivity contribution in [3.8, 4) is 17.3 Å². The predicted molar refractivity (Wildman–Crippen MR) is 118 cm³/mol. The molecule has 0 atom stereocenters. The van der Waals surface area contributed by atoms with E-state index in [9.17, 15) is 0 Å². The standard InChI is InChI=1S/C22H22FIN4O/c1-14-16-12-25-19(15-6-2-3-7-17(15)24)18(23)20(16)27-21(26-14)29-13-22-8-4-10-28(22)11-5-9-22/h2-3,6-7,12H,4-5,8-11,13H2,1H3.